The van der Waals surface area contributed by atoms with Crippen LogP contribution in [0.5, 0.6) is 0 Å². The lowest BCUT2D eigenvalue weighted by molar-refractivity contribution is -0.141. The number of halogens is 2. The summed E-state index contributed by atoms with van der Waals surface area (Å²) >= 11 is -3.40. The average molecular weight is 304 g/mol. The first kappa shape index (κ1) is 13.3. The van der Waals surface area contributed by atoms with E-state index in [-0.39, 0.29) is 5.92 Å². The van der Waals surface area contributed by atoms with Crippen molar-refractivity contribution in [2.45, 2.75) is 37.4 Å². The highest BCUT2D eigenvalue weighted by atomic mass is 32.2. The Labute approximate surface area is 118 Å². The molecule has 112 valence electrons. The molecule has 4 saturated carbocycles. The lowest BCUT2D eigenvalue weighted by Gasteiger charge is -2.38. The van der Waals surface area contributed by atoms with Gasteiger partial charge in [0, 0.05) is 5.92 Å². The minimum atomic E-state index is -4.09. The molecule has 0 aromatic heterocycles. The Bertz CT molecular complexity index is 495. The van der Waals surface area contributed by atoms with E-state index < -0.39 is 28.0 Å². The Morgan fingerprint density at radius 3 is 2.35 bits per heavy atom. The zero-order valence-electron chi connectivity index (χ0n) is 11.0. The van der Waals surface area contributed by atoms with Crippen molar-refractivity contribution in [1.82, 2.24) is 0 Å². The Hall–Kier alpha value is -0.360. The van der Waals surface area contributed by atoms with Gasteiger partial charge in [-0.1, -0.05) is 0 Å². The Morgan fingerprint density at radius 1 is 1.05 bits per heavy atom. The molecule has 6 heteroatoms. The summed E-state index contributed by atoms with van der Waals surface area (Å²) in [5.41, 5.74) is 0. The van der Waals surface area contributed by atoms with E-state index in [1.807, 2.05) is 0 Å². The molecule has 4 rings (SSSR count). The molecular formula is C14H18F2O3S. The summed E-state index contributed by atoms with van der Waals surface area (Å²) in [6.07, 6.45) is 5.06. The van der Waals surface area contributed by atoms with Crippen LogP contribution in [0.1, 0.15) is 32.1 Å². The second-order valence-electron chi connectivity index (χ2n) is 7.12. The molecule has 0 amide bonds. The number of alkyl halides is 2. The van der Waals surface area contributed by atoms with Gasteiger partial charge in [-0.3, -0.25) is 4.79 Å². The molecule has 3 nitrogen and oxygen atoms in total. The predicted molar refractivity (Wildman–Crippen MR) is 68.2 cm³/mol. The predicted octanol–water partition coefficient (Wildman–Crippen LogP) is 2.69. The highest BCUT2D eigenvalue weighted by Crippen LogP contribution is 2.69. The summed E-state index contributed by atoms with van der Waals surface area (Å²) in [4.78, 5) is 12.0. The molecule has 0 heterocycles. The number of hydrogen-bond donors (Lipinski definition) is 1. The number of ketones is 1. The first-order valence-electron chi connectivity index (χ1n) is 7.44. The minimum absolute atomic E-state index is 0.0437. The highest BCUT2D eigenvalue weighted by molar-refractivity contribution is 7.81. The maximum atomic E-state index is 13.5. The van der Waals surface area contributed by atoms with Crippen LogP contribution in [0.2, 0.25) is 0 Å². The van der Waals surface area contributed by atoms with Gasteiger partial charge in [-0.05, 0) is 67.6 Å². The number of carbonyl (C=O) groups is 1. The third kappa shape index (κ3) is 1.52. The van der Waals surface area contributed by atoms with Gasteiger partial charge in [-0.25, -0.2) is 4.21 Å². The molecule has 0 aliphatic heterocycles. The Morgan fingerprint density at radius 2 is 1.70 bits per heavy atom. The van der Waals surface area contributed by atoms with Gasteiger partial charge in [0.05, 0.1) is 0 Å². The molecule has 4 fully saturated rings. The lowest BCUT2D eigenvalue weighted by Crippen LogP contribution is -2.44. The molecular weight excluding hydrogens is 286 g/mol. The molecule has 0 spiro atoms. The molecule has 8 atom stereocenters. The van der Waals surface area contributed by atoms with Crippen molar-refractivity contribution in [1.29, 1.82) is 0 Å². The van der Waals surface area contributed by atoms with Crippen LogP contribution in [0.15, 0.2) is 0 Å². The van der Waals surface area contributed by atoms with Crippen molar-refractivity contribution >= 4 is 16.9 Å². The second-order valence-corrected chi connectivity index (χ2v) is 8.13. The quantitative estimate of drug-likeness (QED) is 0.644. The molecule has 4 bridgehead atoms. The number of Topliss-reactive ketones (excluding diaryl/α,β-unsaturated/α-hetero) is 1. The van der Waals surface area contributed by atoms with E-state index >= 15 is 0 Å². The summed E-state index contributed by atoms with van der Waals surface area (Å²) in [5.74, 6) is 0.922. The van der Waals surface area contributed by atoms with E-state index in [1.165, 1.54) is 19.3 Å². The first-order valence-corrected chi connectivity index (χ1v) is 8.55. The van der Waals surface area contributed by atoms with Crippen LogP contribution in [0.3, 0.4) is 0 Å². The van der Waals surface area contributed by atoms with E-state index in [9.17, 15) is 17.8 Å². The number of carbonyl (C=O) groups excluding carboxylic acids is 1. The molecule has 4 aliphatic rings. The van der Waals surface area contributed by atoms with Crippen molar-refractivity contribution < 1.29 is 22.3 Å². The zero-order valence-corrected chi connectivity index (χ0v) is 11.8. The van der Waals surface area contributed by atoms with Gasteiger partial charge in [0.1, 0.15) is 0 Å². The molecule has 0 aromatic rings. The van der Waals surface area contributed by atoms with Crippen LogP contribution in [0, 0.1) is 41.4 Å². The van der Waals surface area contributed by atoms with Crippen LogP contribution in [-0.4, -0.2) is 19.8 Å². The van der Waals surface area contributed by atoms with Crippen LogP contribution in [0.4, 0.5) is 8.78 Å². The monoisotopic (exact) mass is 304 g/mol. The second kappa shape index (κ2) is 4.09. The normalized spacial score (nSPS) is 50.5. The van der Waals surface area contributed by atoms with Gasteiger partial charge in [-0.15, -0.1) is 0 Å². The van der Waals surface area contributed by atoms with Gasteiger partial charge < -0.3 is 4.55 Å². The summed E-state index contributed by atoms with van der Waals surface area (Å²) in [7, 11) is 0. The summed E-state index contributed by atoms with van der Waals surface area (Å²) < 4.78 is 46.5. The molecule has 8 unspecified atom stereocenters. The van der Waals surface area contributed by atoms with Crippen molar-refractivity contribution in [2.75, 3.05) is 0 Å². The van der Waals surface area contributed by atoms with E-state index in [4.69, 9.17) is 4.55 Å². The fraction of sp³-hybridized carbons (Fsp3) is 0.929. The fourth-order valence-electron chi connectivity index (χ4n) is 6.17. The van der Waals surface area contributed by atoms with Gasteiger partial charge in [0.2, 0.25) is 16.9 Å². The average Bonchev–Trinajstić information content (AvgIpc) is 3.14. The smallest absolute Gasteiger partial charge is 0.301 e. The van der Waals surface area contributed by atoms with Crippen LogP contribution >= 0.6 is 0 Å². The molecule has 4 aliphatic carbocycles. The van der Waals surface area contributed by atoms with Crippen molar-refractivity contribution in [3.63, 3.8) is 0 Å². The topological polar surface area (TPSA) is 54.4 Å². The van der Waals surface area contributed by atoms with E-state index in [0.717, 1.165) is 12.3 Å². The van der Waals surface area contributed by atoms with Crippen LogP contribution in [-0.2, 0) is 15.9 Å². The zero-order chi connectivity index (χ0) is 14.2. The number of hydrogen-bond acceptors (Lipinski definition) is 2. The summed E-state index contributed by atoms with van der Waals surface area (Å²) in [6, 6.07) is 0. The third-order valence-electron chi connectivity index (χ3n) is 6.58. The van der Waals surface area contributed by atoms with Crippen LogP contribution < -0.4 is 0 Å². The van der Waals surface area contributed by atoms with Crippen molar-refractivity contribution in [3.8, 4) is 0 Å². The first-order chi connectivity index (χ1) is 9.41. The minimum Gasteiger partial charge on any atom is -0.301 e. The largest absolute Gasteiger partial charge is 0.402 e. The lowest BCUT2D eigenvalue weighted by atomic mass is 9.66. The maximum absolute atomic E-state index is 13.5. The van der Waals surface area contributed by atoms with E-state index in [0.29, 0.717) is 30.1 Å². The Kier molecular flexibility index (Phi) is 2.73. The van der Waals surface area contributed by atoms with E-state index in [1.54, 1.807) is 0 Å². The van der Waals surface area contributed by atoms with Crippen molar-refractivity contribution in [3.05, 3.63) is 0 Å². The standard InChI is InChI=1S/C14H18F2O3S/c15-14(16,20(18)19)13(17)10-5-8-4-9(10)12-7-2-1-6(3-7)11(8)12/h6-12H,1-5H2,(H,18,19). The SMILES string of the molecule is O=C(C1CC2CC1C1C3CCC(C3)C21)C(F)(F)S(=O)O. The van der Waals surface area contributed by atoms with Gasteiger partial charge in [0.15, 0.2) is 0 Å². The molecule has 0 radical (unpaired) electrons. The van der Waals surface area contributed by atoms with Crippen LogP contribution in [0.25, 0.3) is 0 Å². The summed E-state index contributed by atoms with van der Waals surface area (Å²) in [5, 5.41) is -4.09. The summed E-state index contributed by atoms with van der Waals surface area (Å²) in [6.45, 7) is 0. The van der Waals surface area contributed by atoms with Crippen molar-refractivity contribution in [2.24, 2.45) is 41.4 Å². The highest BCUT2D eigenvalue weighted by Gasteiger charge is 2.65. The molecule has 0 saturated heterocycles. The number of rotatable bonds is 3. The van der Waals surface area contributed by atoms with Gasteiger partial charge >= 0.3 is 5.25 Å². The third-order valence-corrected chi connectivity index (χ3v) is 7.22. The number of fused-ring (bicyclic) bond motifs is 9. The fourth-order valence-corrected chi connectivity index (χ4v) is 6.49. The maximum Gasteiger partial charge on any atom is 0.402 e. The van der Waals surface area contributed by atoms with Gasteiger partial charge in [0.25, 0.3) is 0 Å². The van der Waals surface area contributed by atoms with E-state index in [2.05, 4.69) is 0 Å². The van der Waals surface area contributed by atoms with Gasteiger partial charge in [-0.2, -0.15) is 8.78 Å². The molecule has 1 N–H and O–H groups in total. The molecule has 20 heavy (non-hydrogen) atoms. The molecule has 0 aromatic carbocycles. The Balaban J connectivity index is 1.59.